The van der Waals surface area contributed by atoms with E-state index in [0.717, 1.165) is 30.6 Å². The Morgan fingerprint density at radius 1 is 0.955 bits per heavy atom. The molecule has 0 radical (unpaired) electrons. The Morgan fingerprint density at radius 2 is 1.59 bits per heavy atom. The normalized spacial score (nSPS) is 10.5. The average molecular weight is 317 g/mol. The number of rotatable bonds is 8. The maximum atomic E-state index is 11.9. The van der Waals surface area contributed by atoms with E-state index in [4.69, 9.17) is 16.3 Å². The Morgan fingerprint density at radius 3 is 2.23 bits per heavy atom. The predicted octanol–water partition coefficient (Wildman–Crippen LogP) is 4.87. The highest BCUT2D eigenvalue weighted by molar-refractivity contribution is 6.30. The van der Waals surface area contributed by atoms with Crippen molar-refractivity contribution in [3.8, 4) is 5.75 Å². The quantitative estimate of drug-likeness (QED) is 0.649. The van der Waals surface area contributed by atoms with Gasteiger partial charge in [0.05, 0.1) is 7.11 Å². The van der Waals surface area contributed by atoms with E-state index in [0.29, 0.717) is 17.9 Å². The molecule has 3 heteroatoms. The van der Waals surface area contributed by atoms with E-state index >= 15 is 0 Å². The van der Waals surface area contributed by atoms with Crippen LogP contribution in [0, 0.1) is 0 Å². The maximum absolute atomic E-state index is 11.9. The first-order valence-corrected chi connectivity index (χ1v) is 7.94. The van der Waals surface area contributed by atoms with Crippen LogP contribution in [0.15, 0.2) is 48.5 Å². The van der Waals surface area contributed by atoms with E-state index in [1.807, 2.05) is 36.4 Å². The molecule has 0 amide bonds. The lowest BCUT2D eigenvalue weighted by Gasteiger charge is -2.04. The van der Waals surface area contributed by atoms with E-state index in [9.17, 15) is 4.79 Å². The molecule has 0 saturated heterocycles. The van der Waals surface area contributed by atoms with E-state index in [-0.39, 0.29) is 5.78 Å². The van der Waals surface area contributed by atoms with E-state index in [1.165, 1.54) is 5.56 Å². The molecule has 2 aromatic carbocycles. The molecule has 0 fully saturated rings. The molecule has 0 aliphatic carbocycles. The Hall–Kier alpha value is -1.80. The van der Waals surface area contributed by atoms with Gasteiger partial charge in [0, 0.05) is 17.9 Å². The van der Waals surface area contributed by atoms with Crippen LogP contribution in [0.3, 0.4) is 0 Å². The number of ketones is 1. The van der Waals surface area contributed by atoms with Gasteiger partial charge in [-0.15, -0.1) is 0 Å². The summed E-state index contributed by atoms with van der Waals surface area (Å²) in [6, 6.07) is 15.6. The van der Waals surface area contributed by atoms with Crippen LogP contribution in [0.2, 0.25) is 5.02 Å². The van der Waals surface area contributed by atoms with Gasteiger partial charge in [-0.05, 0) is 54.7 Å². The number of methoxy groups -OCH3 is 1. The SMILES string of the molecule is COc1ccc(CCCCC(=O)Cc2ccc(Cl)cc2)cc1. The maximum Gasteiger partial charge on any atom is 0.137 e. The van der Waals surface area contributed by atoms with Gasteiger partial charge in [0.2, 0.25) is 0 Å². The molecule has 0 aliphatic heterocycles. The summed E-state index contributed by atoms with van der Waals surface area (Å²) in [6.07, 6.45) is 4.09. The lowest BCUT2D eigenvalue weighted by atomic mass is 10.0. The second-order valence-corrected chi connectivity index (χ2v) is 5.83. The van der Waals surface area contributed by atoms with Gasteiger partial charge in [0.25, 0.3) is 0 Å². The molecule has 0 heterocycles. The van der Waals surface area contributed by atoms with Crippen LogP contribution in [-0.4, -0.2) is 12.9 Å². The van der Waals surface area contributed by atoms with Crippen molar-refractivity contribution in [2.24, 2.45) is 0 Å². The summed E-state index contributed by atoms with van der Waals surface area (Å²) in [4.78, 5) is 11.9. The highest BCUT2D eigenvalue weighted by Crippen LogP contribution is 2.14. The molecule has 0 saturated carbocycles. The van der Waals surface area contributed by atoms with Crippen LogP contribution in [0.5, 0.6) is 5.75 Å². The first-order valence-electron chi connectivity index (χ1n) is 7.56. The number of unbranched alkanes of at least 4 members (excludes halogenated alkanes) is 1. The van der Waals surface area contributed by atoms with Crippen molar-refractivity contribution in [1.29, 1.82) is 0 Å². The van der Waals surface area contributed by atoms with Crippen LogP contribution in [-0.2, 0) is 17.6 Å². The molecule has 0 atom stereocenters. The van der Waals surface area contributed by atoms with Crippen molar-refractivity contribution in [2.75, 3.05) is 7.11 Å². The third-order valence-electron chi connectivity index (χ3n) is 3.64. The first kappa shape index (κ1) is 16.6. The molecule has 116 valence electrons. The van der Waals surface area contributed by atoms with E-state index in [1.54, 1.807) is 7.11 Å². The summed E-state index contributed by atoms with van der Waals surface area (Å²) in [7, 11) is 1.67. The number of hydrogen-bond acceptors (Lipinski definition) is 2. The molecule has 0 spiro atoms. The molecule has 0 aromatic heterocycles. The predicted molar refractivity (Wildman–Crippen MR) is 90.7 cm³/mol. The van der Waals surface area contributed by atoms with E-state index in [2.05, 4.69) is 12.1 Å². The molecule has 0 N–H and O–H groups in total. The van der Waals surface area contributed by atoms with Gasteiger partial charge in [-0.2, -0.15) is 0 Å². The number of Topliss-reactive ketones (excluding diaryl/α,β-unsaturated/α-hetero) is 1. The fourth-order valence-electron chi connectivity index (χ4n) is 2.36. The topological polar surface area (TPSA) is 26.3 Å². The van der Waals surface area contributed by atoms with Gasteiger partial charge in [-0.1, -0.05) is 35.9 Å². The monoisotopic (exact) mass is 316 g/mol. The lowest BCUT2D eigenvalue weighted by molar-refractivity contribution is -0.118. The molecule has 22 heavy (non-hydrogen) atoms. The zero-order valence-electron chi connectivity index (χ0n) is 12.8. The summed E-state index contributed by atoms with van der Waals surface area (Å²) in [5.41, 5.74) is 2.32. The average Bonchev–Trinajstić information content (AvgIpc) is 2.54. The third-order valence-corrected chi connectivity index (χ3v) is 3.90. The lowest BCUT2D eigenvalue weighted by Crippen LogP contribution is -2.02. The third kappa shape index (κ3) is 5.53. The molecule has 2 nitrogen and oxygen atoms in total. The summed E-state index contributed by atoms with van der Waals surface area (Å²) >= 11 is 5.84. The van der Waals surface area contributed by atoms with Crippen molar-refractivity contribution in [2.45, 2.75) is 32.1 Å². The fraction of sp³-hybridized carbons (Fsp3) is 0.316. The summed E-state index contributed by atoms with van der Waals surface area (Å²) in [5.74, 6) is 1.17. The van der Waals surface area contributed by atoms with Crippen LogP contribution in [0.25, 0.3) is 0 Å². The summed E-state index contributed by atoms with van der Waals surface area (Å²) in [6.45, 7) is 0. The Bertz CT molecular complexity index is 588. The number of benzene rings is 2. The summed E-state index contributed by atoms with van der Waals surface area (Å²) < 4.78 is 5.14. The minimum absolute atomic E-state index is 0.289. The second kappa shape index (κ2) is 8.60. The fourth-order valence-corrected chi connectivity index (χ4v) is 2.49. The van der Waals surface area contributed by atoms with Gasteiger partial charge >= 0.3 is 0 Å². The molecule has 0 bridgehead atoms. The molecular formula is C19H21ClO2. The number of halogens is 1. The molecule has 2 rings (SSSR count). The van der Waals surface area contributed by atoms with Crippen molar-refractivity contribution in [1.82, 2.24) is 0 Å². The van der Waals surface area contributed by atoms with Crippen LogP contribution >= 0.6 is 11.6 Å². The molecule has 0 aliphatic rings. The molecule has 0 unspecified atom stereocenters. The smallest absolute Gasteiger partial charge is 0.137 e. The Labute approximate surface area is 137 Å². The second-order valence-electron chi connectivity index (χ2n) is 5.40. The molecular weight excluding hydrogens is 296 g/mol. The van der Waals surface area contributed by atoms with Crippen molar-refractivity contribution >= 4 is 17.4 Å². The first-order chi connectivity index (χ1) is 10.7. The van der Waals surface area contributed by atoms with Gasteiger partial charge in [-0.3, -0.25) is 4.79 Å². The zero-order chi connectivity index (χ0) is 15.8. The van der Waals surface area contributed by atoms with Crippen LogP contribution in [0.1, 0.15) is 30.4 Å². The summed E-state index contributed by atoms with van der Waals surface area (Å²) in [5, 5.41) is 0.704. The van der Waals surface area contributed by atoms with Crippen molar-refractivity contribution in [3.63, 3.8) is 0 Å². The van der Waals surface area contributed by atoms with Gasteiger partial charge in [0.15, 0.2) is 0 Å². The number of ether oxygens (including phenoxy) is 1. The largest absolute Gasteiger partial charge is 0.497 e. The minimum atomic E-state index is 0.289. The van der Waals surface area contributed by atoms with Crippen LogP contribution in [0.4, 0.5) is 0 Å². The van der Waals surface area contributed by atoms with Crippen molar-refractivity contribution in [3.05, 3.63) is 64.7 Å². The van der Waals surface area contributed by atoms with Gasteiger partial charge < -0.3 is 4.74 Å². The Kier molecular flexibility index (Phi) is 6.47. The standard InChI is InChI=1S/C19H21ClO2/c1-22-19-12-8-15(9-13-19)4-2-3-5-18(21)14-16-6-10-17(20)11-7-16/h6-13H,2-5,14H2,1H3. The number of aryl methyl sites for hydroxylation is 1. The number of carbonyl (C=O) groups is 1. The number of carbonyl (C=O) groups excluding carboxylic acids is 1. The van der Waals surface area contributed by atoms with Crippen molar-refractivity contribution < 1.29 is 9.53 Å². The Balaban J connectivity index is 1.67. The number of hydrogen-bond donors (Lipinski definition) is 0. The van der Waals surface area contributed by atoms with Crippen LogP contribution < -0.4 is 4.74 Å². The highest BCUT2D eigenvalue weighted by Gasteiger charge is 2.04. The van der Waals surface area contributed by atoms with Gasteiger partial charge in [0.1, 0.15) is 11.5 Å². The van der Waals surface area contributed by atoms with E-state index < -0.39 is 0 Å². The zero-order valence-corrected chi connectivity index (χ0v) is 13.6. The highest BCUT2D eigenvalue weighted by atomic mass is 35.5. The molecule has 2 aromatic rings. The minimum Gasteiger partial charge on any atom is -0.497 e. The van der Waals surface area contributed by atoms with Gasteiger partial charge in [-0.25, -0.2) is 0 Å².